The van der Waals surface area contributed by atoms with Gasteiger partial charge in [-0.15, -0.1) is 0 Å². The van der Waals surface area contributed by atoms with Crippen LogP contribution in [0.5, 0.6) is 5.75 Å². The fourth-order valence-electron chi connectivity index (χ4n) is 2.40. The van der Waals surface area contributed by atoms with E-state index in [-0.39, 0.29) is 6.03 Å². The smallest absolute Gasteiger partial charge is 0.338 e. The number of benzene rings is 1. The molecule has 1 aromatic rings. The summed E-state index contributed by atoms with van der Waals surface area (Å²) in [5.74, 6) is 0.123. The van der Waals surface area contributed by atoms with Crippen LogP contribution in [0.3, 0.4) is 0 Å². The van der Waals surface area contributed by atoms with Gasteiger partial charge in [-0.2, -0.15) is 0 Å². The lowest BCUT2D eigenvalue weighted by Crippen LogP contribution is -2.45. The van der Waals surface area contributed by atoms with Crippen LogP contribution in [0, 0.1) is 0 Å². The molecule has 2 amide bonds. The molecule has 0 spiro atoms. The van der Waals surface area contributed by atoms with E-state index in [2.05, 4.69) is 26.6 Å². The van der Waals surface area contributed by atoms with Crippen LogP contribution in [0.4, 0.5) is 4.79 Å². The highest BCUT2D eigenvalue weighted by molar-refractivity contribution is 9.10. The SMILES string of the molecule is CCCOC(=O)C1=C(C)NC(=O)N[C@H]1c1cc(Br)ccc1OC. The number of methoxy groups -OCH3 is 1. The van der Waals surface area contributed by atoms with Crippen LogP contribution in [0.25, 0.3) is 0 Å². The van der Waals surface area contributed by atoms with Gasteiger partial charge < -0.3 is 20.1 Å². The minimum atomic E-state index is -0.638. The molecule has 1 atom stereocenters. The van der Waals surface area contributed by atoms with Crippen molar-refractivity contribution in [3.8, 4) is 5.75 Å². The molecular weight excluding hydrogens is 364 g/mol. The van der Waals surface area contributed by atoms with Gasteiger partial charge in [-0.3, -0.25) is 0 Å². The van der Waals surface area contributed by atoms with Gasteiger partial charge in [0.2, 0.25) is 0 Å². The van der Waals surface area contributed by atoms with E-state index in [4.69, 9.17) is 9.47 Å². The molecule has 0 bridgehead atoms. The van der Waals surface area contributed by atoms with Crippen molar-refractivity contribution < 1.29 is 19.1 Å². The van der Waals surface area contributed by atoms with E-state index >= 15 is 0 Å². The number of carbonyl (C=O) groups is 2. The van der Waals surface area contributed by atoms with Crippen LogP contribution < -0.4 is 15.4 Å². The quantitative estimate of drug-likeness (QED) is 0.767. The number of rotatable bonds is 5. The van der Waals surface area contributed by atoms with Crippen molar-refractivity contribution in [2.45, 2.75) is 26.3 Å². The van der Waals surface area contributed by atoms with Crippen LogP contribution in [-0.2, 0) is 9.53 Å². The van der Waals surface area contributed by atoms with Gasteiger partial charge in [-0.05, 0) is 31.5 Å². The highest BCUT2D eigenvalue weighted by atomic mass is 79.9. The summed E-state index contributed by atoms with van der Waals surface area (Å²) in [6, 6.07) is 4.41. The van der Waals surface area contributed by atoms with E-state index in [1.165, 1.54) is 0 Å². The van der Waals surface area contributed by atoms with Crippen molar-refractivity contribution in [2.75, 3.05) is 13.7 Å². The third-order valence-corrected chi connectivity index (χ3v) is 3.92. The van der Waals surface area contributed by atoms with Gasteiger partial charge >= 0.3 is 12.0 Å². The first-order valence-corrected chi connectivity index (χ1v) is 8.06. The average molecular weight is 383 g/mol. The number of hydrogen-bond donors (Lipinski definition) is 2. The Labute approximate surface area is 143 Å². The predicted octanol–water partition coefficient (Wildman–Crippen LogP) is 3.04. The third kappa shape index (κ3) is 3.85. The van der Waals surface area contributed by atoms with Crippen molar-refractivity contribution in [3.05, 3.63) is 39.5 Å². The van der Waals surface area contributed by atoms with Crippen molar-refractivity contribution >= 4 is 27.9 Å². The van der Waals surface area contributed by atoms with Gasteiger partial charge in [0, 0.05) is 15.7 Å². The summed E-state index contributed by atoms with van der Waals surface area (Å²) in [5, 5.41) is 5.38. The average Bonchev–Trinajstić information content (AvgIpc) is 2.51. The summed E-state index contributed by atoms with van der Waals surface area (Å²) >= 11 is 3.41. The molecule has 0 fully saturated rings. The summed E-state index contributed by atoms with van der Waals surface area (Å²) in [7, 11) is 1.54. The van der Waals surface area contributed by atoms with E-state index in [1.807, 2.05) is 19.1 Å². The Morgan fingerprint density at radius 1 is 1.39 bits per heavy atom. The molecule has 0 saturated carbocycles. The largest absolute Gasteiger partial charge is 0.496 e. The summed E-state index contributed by atoms with van der Waals surface area (Å²) in [6.07, 6.45) is 0.725. The van der Waals surface area contributed by atoms with Gasteiger partial charge in [0.15, 0.2) is 0 Å². The Bertz CT molecular complexity index is 657. The van der Waals surface area contributed by atoms with Gasteiger partial charge in [0.1, 0.15) is 5.75 Å². The molecule has 2 rings (SSSR count). The Balaban J connectivity index is 2.49. The van der Waals surface area contributed by atoms with Crippen molar-refractivity contribution in [1.82, 2.24) is 10.6 Å². The zero-order chi connectivity index (χ0) is 17.0. The molecule has 0 unspecified atom stereocenters. The second-order valence-corrected chi connectivity index (χ2v) is 6.01. The Kier molecular flexibility index (Phi) is 5.65. The summed E-state index contributed by atoms with van der Waals surface area (Å²) < 4.78 is 11.4. The zero-order valence-electron chi connectivity index (χ0n) is 13.2. The topological polar surface area (TPSA) is 76.7 Å². The molecule has 23 heavy (non-hydrogen) atoms. The molecule has 6 nitrogen and oxygen atoms in total. The minimum absolute atomic E-state index is 0.325. The molecule has 0 saturated heterocycles. The molecule has 7 heteroatoms. The van der Waals surface area contributed by atoms with Crippen LogP contribution >= 0.6 is 15.9 Å². The first-order valence-electron chi connectivity index (χ1n) is 7.26. The summed E-state index contributed by atoms with van der Waals surface area (Å²) in [5.41, 5.74) is 1.52. The number of nitrogens with one attached hydrogen (secondary N) is 2. The number of carbonyl (C=O) groups excluding carboxylic acids is 2. The number of halogens is 1. The van der Waals surface area contributed by atoms with Gasteiger partial charge in [0.25, 0.3) is 0 Å². The van der Waals surface area contributed by atoms with Crippen molar-refractivity contribution in [2.24, 2.45) is 0 Å². The Morgan fingerprint density at radius 2 is 2.13 bits per heavy atom. The van der Waals surface area contributed by atoms with E-state index in [1.54, 1.807) is 20.1 Å². The number of esters is 1. The highest BCUT2D eigenvalue weighted by Gasteiger charge is 2.33. The van der Waals surface area contributed by atoms with Crippen LogP contribution in [0.1, 0.15) is 31.9 Å². The van der Waals surface area contributed by atoms with Crippen molar-refractivity contribution in [3.63, 3.8) is 0 Å². The fraction of sp³-hybridized carbons (Fsp3) is 0.375. The molecule has 1 aliphatic heterocycles. The fourth-order valence-corrected chi connectivity index (χ4v) is 2.78. The molecular formula is C16H19BrN2O4. The second-order valence-electron chi connectivity index (χ2n) is 5.09. The lowest BCUT2D eigenvalue weighted by molar-refractivity contribution is -0.139. The molecule has 1 heterocycles. The molecule has 0 aliphatic carbocycles. The maximum atomic E-state index is 12.4. The van der Waals surface area contributed by atoms with Gasteiger partial charge in [-0.25, -0.2) is 9.59 Å². The maximum absolute atomic E-state index is 12.4. The van der Waals surface area contributed by atoms with Crippen LogP contribution in [-0.4, -0.2) is 25.7 Å². The molecule has 124 valence electrons. The molecule has 2 N–H and O–H groups in total. The lowest BCUT2D eigenvalue weighted by Gasteiger charge is -2.29. The van der Waals surface area contributed by atoms with E-state index in [0.29, 0.717) is 29.2 Å². The van der Waals surface area contributed by atoms with Gasteiger partial charge in [-0.1, -0.05) is 22.9 Å². The van der Waals surface area contributed by atoms with E-state index in [9.17, 15) is 9.59 Å². The number of amides is 2. The first-order chi connectivity index (χ1) is 11.0. The van der Waals surface area contributed by atoms with Crippen LogP contribution in [0.2, 0.25) is 0 Å². The molecule has 0 aromatic heterocycles. The number of hydrogen-bond acceptors (Lipinski definition) is 4. The van der Waals surface area contributed by atoms with Crippen molar-refractivity contribution in [1.29, 1.82) is 0 Å². The Morgan fingerprint density at radius 3 is 2.78 bits per heavy atom. The molecule has 1 aliphatic rings. The summed E-state index contributed by atoms with van der Waals surface area (Å²) in [4.78, 5) is 24.3. The predicted molar refractivity (Wildman–Crippen MR) is 89.1 cm³/mol. The maximum Gasteiger partial charge on any atom is 0.338 e. The van der Waals surface area contributed by atoms with E-state index in [0.717, 1.165) is 10.9 Å². The molecule has 1 aromatic carbocycles. The standard InChI is InChI=1S/C16H19BrN2O4/c1-4-7-23-15(20)13-9(2)18-16(21)19-14(13)11-8-10(17)5-6-12(11)22-3/h5-6,8,14H,4,7H2,1-3H3,(H2,18,19,21)/t14-/m0/s1. The van der Waals surface area contributed by atoms with E-state index < -0.39 is 12.0 Å². The number of ether oxygens (including phenoxy) is 2. The summed E-state index contributed by atoms with van der Waals surface area (Å²) in [6.45, 7) is 3.93. The van der Waals surface area contributed by atoms with Crippen LogP contribution in [0.15, 0.2) is 33.9 Å². The first kappa shape index (κ1) is 17.3. The molecule has 0 radical (unpaired) electrons. The zero-order valence-corrected chi connectivity index (χ0v) is 14.8. The number of allylic oxidation sites excluding steroid dienone is 1. The number of urea groups is 1. The normalized spacial score (nSPS) is 17.4. The lowest BCUT2D eigenvalue weighted by atomic mass is 9.95. The Hall–Kier alpha value is -2.02. The monoisotopic (exact) mass is 382 g/mol. The second kappa shape index (κ2) is 7.50. The highest BCUT2D eigenvalue weighted by Crippen LogP contribution is 2.35. The van der Waals surface area contributed by atoms with Gasteiger partial charge in [0.05, 0.1) is 25.3 Å². The third-order valence-electron chi connectivity index (χ3n) is 3.43. The minimum Gasteiger partial charge on any atom is -0.496 e.